The average molecular weight is 402 g/mol. The van der Waals surface area contributed by atoms with Gasteiger partial charge in [-0.3, -0.25) is 4.79 Å². The molecule has 9 heteroatoms. The fourth-order valence-corrected chi connectivity index (χ4v) is 2.74. The van der Waals surface area contributed by atoms with E-state index in [0.717, 1.165) is 0 Å². The summed E-state index contributed by atoms with van der Waals surface area (Å²) in [6, 6.07) is 4.54. The van der Waals surface area contributed by atoms with Crippen LogP contribution >= 0.6 is 58.0 Å². The van der Waals surface area contributed by atoms with Crippen LogP contribution in [0.1, 0.15) is 16.5 Å². The van der Waals surface area contributed by atoms with Gasteiger partial charge in [0.1, 0.15) is 6.17 Å². The Labute approximate surface area is 152 Å². The molecule has 0 aliphatic heterocycles. The highest BCUT2D eigenvalue weighted by Gasteiger charge is 2.37. The molecule has 1 aromatic heterocycles. The maximum absolute atomic E-state index is 12.4. The molecule has 2 rings (SSSR count). The van der Waals surface area contributed by atoms with E-state index in [-0.39, 0.29) is 16.5 Å². The molecule has 1 amide bonds. The van der Waals surface area contributed by atoms with Crippen molar-refractivity contribution in [3.8, 4) is 0 Å². The van der Waals surface area contributed by atoms with Gasteiger partial charge in [0.05, 0.1) is 22.8 Å². The minimum atomic E-state index is -1.43. The molecule has 22 heavy (non-hydrogen) atoms. The number of rotatable bonds is 5. The van der Waals surface area contributed by atoms with E-state index in [2.05, 4.69) is 10.3 Å². The number of carbonyl (C=O) groups excluding carboxylic acids is 1. The Balaban J connectivity index is 2.29. The number of amides is 1. The molecule has 0 bridgehead atoms. The lowest BCUT2D eigenvalue weighted by Crippen LogP contribution is -2.43. The van der Waals surface area contributed by atoms with Crippen LogP contribution in [0.3, 0.4) is 0 Å². The van der Waals surface area contributed by atoms with Crippen molar-refractivity contribution >= 4 is 63.9 Å². The smallest absolute Gasteiger partial charge is 0.254 e. The Morgan fingerprint density at radius 3 is 2.64 bits per heavy atom. The van der Waals surface area contributed by atoms with Crippen molar-refractivity contribution in [3.05, 3.63) is 52.5 Å². The molecule has 4 nitrogen and oxygen atoms in total. The molecule has 1 atom stereocenters. The summed E-state index contributed by atoms with van der Waals surface area (Å²) >= 11 is 30.0. The molecule has 118 valence electrons. The topological polar surface area (TPSA) is 46.9 Å². The fourth-order valence-electron chi connectivity index (χ4n) is 1.77. The largest absolute Gasteiger partial charge is 0.329 e. The third kappa shape index (κ3) is 4.00. The summed E-state index contributed by atoms with van der Waals surface area (Å²) in [5, 5.41) is 3.34. The third-order valence-electron chi connectivity index (χ3n) is 2.84. The first kappa shape index (κ1) is 17.7. The van der Waals surface area contributed by atoms with E-state index in [0.29, 0.717) is 5.02 Å². The van der Waals surface area contributed by atoms with E-state index in [1.165, 1.54) is 24.7 Å². The number of benzene rings is 1. The highest BCUT2D eigenvalue weighted by Crippen LogP contribution is 2.34. The lowest BCUT2D eigenvalue weighted by Gasteiger charge is -2.30. The van der Waals surface area contributed by atoms with E-state index in [4.69, 9.17) is 58.0 Å². The van der Waals surface area contributed by atoms with Crippen LogP contribution in [0.15, 0.2) is 36.9 Å². The molecule has 2 aromatic rings. The lowest BCUT2D eigenvalue weighted by molar-refractivity contribution is 0.0915. The second-order valence-electron chi connectivity index (χ2n) is 4.40. The van der Waals surface area contributed by atoms with E-state index >= 15 is 0 Å². The summed E-state index contributed by atoms with van der Waals surface area (Å²) in [4.78, 5) is 16.3. The van der Waals surface area contributed by atoms with E-state index in [9.17, 15) is 4.79 Å². The molecule has 0 aliphatic carbocycles. The summed E-state index contributed by atoms with van der Waals surface area (Å²) in [6.45, 7) is 0. The van der Waals surface area contributed by atoms with Gasteiger partial charge < -0.3 is 9.88 Å². The summed E-state index contributed by atoms with van der Waals surface area (Å²) in [6.07, 6.45) is 3.79. The van der Waals surface area contributed by atoms with Crippen LogP contribution in [0.5, 0.6) is 0 Å². The fraction of sp³-hybridized carbons (Fsp3) is 0.231. The van der Waals surface area contributed by atoms with Crippen LogP contribution in [0.4, 0.5) is 0 Å². The van der Waals surface area contributed by atoms with E-state index in [1.807, 2.05) is 0 Å². The molecule has 0 saturated carbocycles. The van der Waals surface area contributed by atoms with E-state index < -0.39 is 16.4 Å². The first-order chi connectivity index (χ1) is 10.3. The van der Waals surface area contributed by atoms with Gasteiger partial charge in [-0.15, -0.1) is 11.6 Å². The second-order valence-corrected chi connectivity index (χ2v) is 7.06. The number of carbonyl (C=O) groups is 1. The predicted octanol–water partition coefficient (Wildman–Crippen LogP) is 4.53. The average Bonchev–Trinajstić information content (AvgIpc) is 2.98. The molecule has 0 saturated heterocycles. The molecule has 0 spiro atoms. The maximum atomic E-state index is 12.4. The standard InChI is InChI=1S/C13H10Cl5N3O/c14-6-13(17,18)12(21-4-3-19-7-21)20-11(22)9-2-1-8(15)5-10(9)16/h1-5,7,12H,6H2,(H,20,22). The summed E-state index contributed by atoms with van der Waals surface area (Å²) < 4.78 is 0.112. The molecule has 1 N–H and O–H groups in total. The lowest BCUT2D eigenvalue weighted by atomic mass is 10.2. The minimum Gasteiger partial charge on any atom is -0.329 e. The van der Waals surface area contributed by atoms with Crippen molar-refractivity contribution < 1.29 is 4.79 Å². The monoisotopic (exact) mass is 399 g/mol. The Hall–Kier alpha value is -0.650. The van der Waals surface area contributed by atoms with E-state index in [1.54, 1.807) is 16.8 Å². The Morgan fingerprint density at radius 1 is 1.36 bits per heavy atom. The van der Waals surface area contributed by atoms with Crippen LogP contribution in [-0.2, 0) is 0 Å². The van der Waals surface area contributed by atoms with Crippen LogP contribution in [0.25, 0.3) is 0 Å². The van der Waals surface area contributed by atoms with Crippen molar-refractivity contribution in [2.75, 3.05) is 5.88 Å². The molecule has 0 fully saturated rings. The maximum Gasteiger partial charge on any atom is 0.254 e. The number of imidazole rings is 1. The highest BCUT2D eigenvalue weighted by atomic mass is 35.5. The van der Waals surface area contributed by atoms with Gasteiger partial charge in [0.25, 0.3) is 5.91 Å². The first-order valence-corrected chi connectivity index (χ1v) is 8.07. The van der Waals surface area contributed by atoms with Crippen LogP contribution in [0.2, 0.25) is 10.0 Å². The van der Waals surface area contributed by atoms with Gasteiger partial charge in [-0.25, -0.2) is 4.98 Å². The van der Waals surface area contributed by atoms with Crippen molar-refractivity contribution in [2.45, 2.75) is 10.5 Å². The minimum absolute atomic E-state index is 0.104. The molecule has 0 aliphatic rings. The Kier molecular flexibility index (Phi) is 5.86. The molecular formula is C13H10Cl5N3O. The molecule has 1 heterocycles. The second kappa shape index (κ2) is 7.28. The number of alkyl halides is 3. The normalized spacial score (nSPS) is 13.0. The van der Waals surface area contributed by atoms with Crippen molar-refractivity contribution in [1.29, 1.82) is 0 Å². The molecule has 0 radical (unpaired) electrons. The van der Waals surface area contributed by atoms with Crippen LogP contribution < -0.4 is 5.32 Å². The zero-order valence-corrected chi connectivity index (χ0v) is 14.7. The van der Waals surface area contributed by atoms with Gasteiger partial charge in [0, 0.05) is 17.4 Å². The van der Waals surface area contributed by atoms with Gasteiger partial charge in [-0.05, 0) is 18.2 Å². The van der Waals surface area contributed by atoms with Gasteiger partial charge in [-0.2, -0.15) is 0 Å². The van der Waals surface area contributed by atoms with Gasteiger partial charge in [0.15, 0.2) is 4.33 Å². The Morgan fingerprint density at radius 2 is 2.09 bits per heavy atom. The highest BCUT2D eigenvalue weighted by molar-refractivity contribution is 6.52. The van der Waals surface area contributed by atoms with Crippen LogP contribution in [0, 0.1) is 0 Å². The summed E-state index contributed by atoms with van der Waals surface area (Å²) in [5.41, 5.74) is 0.245. The number of hydrogen-bond donors (Lipinski definition) is 1. The number of nitrogens with one attached hydrogen (secondary N) is 1. The zero-order chi connectivity index (χ0) is 16.3. The van der Waals surface area contributed by atoms with Crippen molar-refractivity contribution in [3.63, 3.8) is 0 Å². The Bertz CT molecular complexity index is 660. The number of halogens is 5. The quantitative estimate of drug-likeness (QED) is 0.748. The number of nitrogens with zero attached hydrogens (tertiary/aromatic N) is 2. The third-order valence-corrected chi connectivity index (χ3v) is 4.77. The first-order valence-electron chi connectivity index (χ1n) is 6.02. The SMILES string of the molecule is O=C(NC(n1ccnc1)C(Cl)(Cl)CCl)c1ccc(Cl)cc1Cl. The van der Waals surface area contributed by atoms with Crippen molar-refractivity contribution in [1.82, 2.24) is 14.9 Å². The molecule has 1 unspecified atom stereocenters. The molecular weight excluding hydrogens is 391 g/mol. The number of hydrogen-bond acceptors (Lipinski definition) is 2. The van der Waals surface area contributed by atoms with Crippen molar-refractivity contribution in [2.24, 2.45) is 0 Å². The van der Waals surface area contributed by atoms with Gasteiger partial charge in [0.2, 0.25) is 0 Å². The van der Waals surface area contributed by atoms with Crippen LogP contribution in [-0.4, -0.2) is 25.7 Å². The van der Waals surface area contributed by atoms with Gasteiger partial charge in [-0.1, -0.05) is 46.4 Å². The zero-order valence-electron chi connectivity index (χ0n) is 10.9. The summed E-state index contributed by atoms with van der Waals surface area (Å²) in [7, 11) is 0. The number of aromatic nitrogens is 2. The summed E-state index contributed by atoms with van der Waals surface area (Å²) in [5.74, 6) is -0.565. The predicted molar refractivity (Wildman–Crippen MR) is 90.3 cm³/mol. The van der Waals surface area contributed by atoms with Gasteiger partial charge >= 0.3 is 0 Å². The molecule has 1 aromatic carbocycles.